The minimum atomic E-state index is -0.144. The molecule has 0 saturated heterocycles. The Bertz CT molecular complexity index is 271. The van der Waals surface area contributed by atoms with Crippen LogP contribution in [0.5, 0.6) is 0 Å². The maximum Gasteiger partial charge on any atom is 0.239 e. The zero-order valence-electron chi connectivity index (χ0n) is 9.88. The molecule has 2 N–H and O–H groups in total. The van der Waals surface area contributed by atoms with Gasteiger partial charge in [-0.05, 0) is 13.8 Å². The second-order valence-corrected chi connectivity index (χ2v) is 3.17. The van der Waals surface area contributed by atoms with Crippen molar-refractivity contribution in [2.75, 3.05) is 32.7 Å². The molecular formula is C11H19N3O2. The summed E-state index contributed by atoms with van der Waals surface area (Å²) in [5.41, 5.74) is 0. The van der Waals surface area contributed by atoms with Crippen LogP contribution < -0.4 is 10.6 Å². The highest BCUT2D eigenvalue weighted by Gasteiger charge is 2.13. The quantitative estimate of drug-likeness (QED) is 0.440. The first-order valence-electron chi connectivity index (χ1n) is 5.34. The Hall–Kier alpha value is -1.54. The average molecular weight is 225 g/mol. The molecule has 16 heavy (non-hydrogen) atoms. The molecule has 5 heteroatoms. The monoisotopic (exact) mass is 225 g/mol. The van der Waals surface area contributed by atoms with Crippen LogP contribution in [0.15, 0.2) is 0 Å². The van der Waals surface area contributed by atoms with E-state index in [9.17, 15) is 9.59 Å². The molecule has 0 aliphatic heterocycles. The van der Waals surface area contributed by atoms with E-state index < -0.39 is 0 Å². The van der Waals surface area contributed by atoms with Gasteiger partial charge in [-0.1, -0.05) is 5.92 Å². The van der Waals surface area contributed by atoms with Gasteiger partial charge in [0.2, 0.25) is 11.8 Å². The number of carbonyl (C=O) groups excluding carboxylic acids is 2. The van der Waals surface area contributed by atoms with Gasteiger partial charge >= 0.3 is 0 Å². The second-order valence-electron chi connectivity index (χ2n) is 3.17. The summed E-state index contributed by atoms with van der Waals surface area (Å²) >= 11 is 0. The molecule has 0 aromatic rings. The van der Waals surface area contributed by atoms with Gasteiger partial charge in [0.15, 0.2) is 0 Å². The number of rotatable bonds is 7. The van der Waals surface area contributed by atoms with Crippen molar-refractivity contribution < 1.29 is 9.59 Å². The Labute approximate surface area is 96.6 Å². The minimum Gasteiger partial charge on any atom is -0.355 e. The van der Waals surface area contributed by atoms with Crippen LogP contribution in [0, 0.1) is 12.3 Å². The summed E-state index contributed by atoms with van der Waals surface area (Å²) in [5, 5.41) is 5.44. The molecule has 0 aromatic heterocycles. The fourth-order valence-corrected chi connectivity index (χ4v) is 1.16. The van der Waals surface area contributed by atoms with Crippen LogP contribution in [0.4, 0.5) is 0 Å². The van der Waals surface area contributed by atoms with E-state index >= 15 is 0 Å². The van der Waals surface area contributed by atoms with Crippen molar-refractivity contribution in [1.82, 2.24) is 15.5 Å². The summed E-state index contributed by atoms with van der Waals surface area (Å²) in [4.78, 5) is 24.4. The highest BCUT2D eigenvalue weighted by atomic mass is 16.2. The first kappa shape index (κ1) is 14.5. The highest BCUT2D eigenvalue weighted by molar-refractivity contribution is 5.85. The molecule has 0 rings (SSSR count). The van der Waals surface area contributed by atoms with Crippen molar-refractivity contribution in [3.05, 3.63) is 0 Å². The van der Waals surface area contributed by atoms with Crippen LogP contribution >= 0.6 is 0 Å². The zero-order valence-corrected chi connectivity index (χ0v) is 9.88. The van der Waals surface area contributed by atoms with E-state index in [0.29, 0.717) is 19.6 Å². The lowest BCUT2D eigenvalue weighted by molar-refractivity contribution is -0.135. The molecule has 0 aliphatic carbocycles. The second kappa shape index (κ2) is 8.74. The minimum absolute atomic E-state index is 0.0981. The average Bonchev–Trinajstić information content (AvgIpc) is 2.26. The summed E-state index contributed by atoms with van der Waals surface area (Å²) < 4.78 is 0. The molecule has 0 bridgehead atoms. The Morgan fingerprint density at radius 2 is 2.06 bits per heavy atom. The summed E-state index contributed by atoms with van der Waals surface area (Å²) in [7, 11) is 0. The van der Waals surface area contributed by atoms with E-state index in [1.807, 2.05) is 13.8 Å². The van der Waals surface area contributed by atoms with Gasteiger partial charge in [0.25, 0.3) is 0 Å². The van der Waals surface area contributed by atoms with Crippen LogP contribution in [0.2, 0.25) is 0 Å². The molecule has 2 amide bonds. The maximum atomic E-state index is 11.6. The van der Waals surface area contributed by atoms with Gasteiger partial charge in [0.1, 0.15) is 0 Å². The molecule has 0 radical (unpaired) electrons. The molecular weight excluding hydrogens is 206 g/mol. The van der Waals surface area contributed by atoms with Crippen molar-refractivity contribution in [2.45, 2.75) is 13.8 Å². The number of hydrogen-bond donors (Lipinski definition) is 2. The predicted octanol–water partition coefficient (Wildman–Crippen LogP) is -0.806. The van der Waals surface area contributed by atoms with Gasteiger partial charge in [-0.25, -0.2) is 0 Å². The number of nitrogens with one attached hydrogen (secondary N) is 2. The zero-order chi connectivity index (χ0) is 12.4. The van der Waals surface area contributed by atoms with Crippen LogP contribution in [-0.2, 0) is 9.59 Å². The molecule has 0 saturated carbocycles. The molecule has 5 nitrogen and oxygen atoms in total. The van der Waals surface area contributed by atoms with Crippen LogP contribution in [0.25, 0.3) is 0 Å². The van der Waals surface area contributed by atoms with E-state index in [-0.39, 0.29) is 24.9 Å². The fraction of sp³-hybridized carbons (Fsp3) is 0.636. The lowest BCUT2D eigenvalue weighted by Crippen LogP contribution is -2.44. The normalized spacial score (nSPS) is 9.31. The molecule has 0 heterocycles. The van der Waals surface area contributed by atoms with E-state index in [1.54, 1.807) is 0 Å². The third kappa shape index (κ3) is 6.04. The van der Waals surface area contributed by atoms with Crippen molar-refractivity contribution in [1.29, 1.82) is 0 Å². The van der Waals surface area contributed by atoms with E-state index in [0.717, 1.165) is 0 Å². The maximum absolute atomic E-state index is 11.6. The first-order valence-corrected chi connectivity index (χ1v) is 5.34. The molecule has 0 aliphatic rings. The molecule has 0 unspecified atom stereocenters. The van der Waals surface area contributed by atoms with Gasteiger partial charge < -0.3 is 10.2 Å². The smallest absolute Gasteiger partial charge is 0.239 e. The van der Waals surface area contributed by atoms with Crippen molar-refractivity contribution in [2.24, 2.45) is 0 Å². The lowest BCUT2D eigenvalue weighted by Gasteiger charge is -2.20. The van der Waals surface area contributed by atoms with Crippen molar-refractivity contribution >= 4 is 11.8 Å². The number of carbonyl (C=O) groups is 2. The number of hydrogen-bond acceptors (Lipinski definition) is 3. The number of nitrogens with zero attached hydrogens (tertiary/aromatic N) is 1. The summed E-state index contributed by atoms with van der Waals surface area (Å²) in [6.45, 7) is 5.36. The van der Waals surface area contributed by atoms with Crippen LogP contribution in [0.1, 0.15) is 13.8 Å². The van der Waals surface area contributed by atoms with Crippen LogP contribution in [-0.4, -0.2) is 49.4 Å². The largest absolute Gasteiger partial charge is 0.355 e. The molecule has 90 valence electrons. The van der Waals surface area contributed by atoms with Gasteiger partial charge in [-0.3, -0.25) is 14.9 Å². The molecule has 0 spiro atoms. The number of amides is 2. The third-order valence-electron chi connectivity index (χ3n) is 1.95. The highest BCUT2D eigenvalue weighted by Crippen LogP contribution is 1.88. The first-order chi connectivity index (χ1) is 7.65. The number of likely N-dealkylation sites (N-methyl/N-ethyl adjacent to an activating group) is 2. The molecule has 0 atom stereocenters. The Kier molecular flexibility index (Phi) is 7.90. The Morgan fingerprint density at radius 3 is 2.56 bits per heavy atom. The van der Waals surface area contributed by atoms with Gasteiger partial charge in [-0.2, -0.15) is 0 Å². The third-order valence-corrected chi connectivity index (χ3v) is 1.95. The summed E-state index contributed by atoms with van der Waals surface area (Å²) in [5.74, 6) is 2.11. The van der Waals surface area contributed by atoms with Crippen molar-refractivity contribution in [3.63, 3.8) is 0 Å². The summed E-state index contributed by atoms with van der Waals surface area (Å²) in [6, 6.07) is 0. The van der Waals surface area contributed by atoms with E-state index in [2.05, 4.69) is 16.6 Å². The van der Waals surface area contributed by atoms with Crippen LogP contribution in [0.3, 0.4) is 0 Å². The molecule has 0 aromatic carbocycles. The van der Waals surface area contributed by atoms with Gasteiger partial charge in [0, 0.05) is 13.1 Å². The van der Waals surface area contributed by atoms with Crippen molar-refractivity contribution in [3.8, 4) is 12.3 Å². The standard InChI is InChI=1S/C11H19N3O2/c1-4-7-12-8-11(16)14(6-3)9-10(15)13-5-2/h1,12H,5-9H2,2-3H3,(H,13,15). The predicted molar refractivity (Wildman–Crippen MR) is 62.6 cm³/mol. The number of terminal acetylenes is 1. The molecule has 0 fully saturated rings. The SMILES string of the molecule is C#CCNCC(=O)N(CC)CC(=O)NCC. The van der Waals surface area contributed by atoms with E-state index in [1.165, 1.54) is 4.90 Å². The fourth-order valence-electron chi connectivity index (χ4n) is 1.16. The topological polar surface area (TPSA) is 61.4 Å². The lowest BCUT2D eigenvalue weighted by atomic mass is 10.4. The Balaban J connectivity index is 4.02. The Morgan fingerprint density at radius 1 is 1.38 bits per heavy atom. The van der Waals surface area contributed by atoms with Gasteiger partial charge in [-0.15, -0.1) is 6.42 Å². The van der Waals surface area contributed by atoms with E-state index in [4.69, 9.17) is 6.42 Å². The van der Waals surface area contributed by atoms with Gasteiger partial charge in [0.05, 0.1) is 19.6 Å². The summed E-state index contributed by atoms with van der Waals surface area (Å²) in [6.07, 6.45) is 5.04.